The molecule has 0 unspecified atom stereocenters. The number of rotatable bonds is 9. The molecule has 0 atom stereocenters. The predicted octanol–water partition coefficient (Wildman–Crippen LogP) is 4.43. The van der Waals surface area contributed by atoms with Crippen LogP contribution in [0.5, 0.6) is 0 Å². The summed E-state index contributed by atoms with van der Waals surface area (Å²) in [7, 11) is 2.05. The molecule has 0 amide bonds. The predicted molar refractivity (Wildman–Crippen MR) is 137 cm³/mol. The van der Waals surface area contributed by atoms with E-state index in [4.69, 9.17) is 28.2 Å². The largest absolute Gasteiger partial charge is 0.357 e. The lowest BCUT2D eigenvalue weighted by atomic mass is 10.2. The molecule has 166 valence electrons. The van der Waals surface area contributed by atoms with E-state index in [1.165, 1.54) is 45.7 Å². The molecule has 1 saturated heterocycles. The fraction of sp³-hybridized carbons (Fsp3) is 0.667. The molecule has 1 aliphatic heterocycles. The van der Waals surface area contributed by atoms with Crippen molar-refractivity contribution in [3.05, 3.63) is 33.8 Å². The first kappa shape index (κ1) is 26.8. The molecule has 5 nitrogen and oxygen atoms in total. The monoisotopic (exact) mass is 555 g/mol. The lowest BCUT2D eigenvalue weighted by molar-refractivity contribution is 0.136. The van der Waals surface area contributed by atoms with Crippen molar-refractivity contribution in [1.82, 2.24) is 20.0 Å². The van der Waals surface area contributed by atoms with Gasteiger partial charge < -0.3 is 20.0 Å². The highest BCUT2D eigenvalue weighted by Gasteiger charge is 2.14. The number of benzene rings is 1. The maximum absolute atomic E-state index is 6.13. The van der Waals surface area contributed by atoms with E-state index in [1.807, 2.05) is 18.2 Å². The van der Waals surface area contributed by atoms with Crippen molar-refractivity contribution in [3.63, 3.8) is 0 Å². The molecule has 1 heterocycles. The van der Waals surface area contributed by atoms with E-state index in [2.05, 4.69) is 40.9 Å². The van der Waals surface area contributed by atoms with Crippen molar-refractivity contribution in [2.45, 2.75) is 33.2 Å². The first-order valence-corrected chi connectivity index (χ1v) is 11.2. The maximum Gasteiger partial charge on any atom is 0.193 e. The molecule has 1 aromatic rings. The standard InChI is InChI=1S/C21H35Cl2N5.HI/c1-4-24-21(26(3)17-18-8-9-19(22)20(23)16-18)25-10-6-7-11-28-14-12-27(5-2)13-15-28;/h8-9,16H,4-7,10-15,17H2,1-3H3,(H,24,25);1H. The van der Waals surface area contributed by atoms with E-state index in [0.29, 0.717) is 10.0 Å². The van der Waals surface area contributed by atoms with Crippen molar-refractivity contribution < 1.29 is 0 Å². The summed E-state index contributed by atoms with van der Waals surface area (Å²) in [5, 5.41) is 4.56. The molecular weight excluding hydrogens is 520 g/mol. The van der Waals surface area contributed by atoms with Gasteiger partial charge in [-0.15, -0.1) is 24.0 Å². The summed E-state index contributed by atoms with van der Waals surface area (Å²) < 4.78 is 0. The summed E-state index contributed by atoms with van der Waals surface area (Å²) in [5.74, 6) is 0.935. The molecule has 1 aliphatic rings. The zero-order chi connectivity index (χ0) is 20.4. The van der Waals surface area contributed by atoms with Crippen LogP contribution in [0.15, 0.2) is 23.2 Å². The Morgan fingerprint density at radius 1 is 1.07 bits per heavy atom. The lowest BCUT2D eigenvalue weighted by Gasteiger charge is -2.33. The fourth-order valence-corrected chi connectivity index (χ4v) is 3.74. The maximum atomic E-state index is 6.13. The van der Waals surface area contributed by atoms with Crippen LogP contribution in [0.1, 0.15) is 32.3 Å². The van der Waals surface area contributed by atoms with Crippen LogP contribution in [0.3, 0.4) is 0 Å². The molecule has 1 fully saturated rings. The van der Waals surface area contributed by atoms with Gasteiger partial charge in [-0.2, -0.15) is 0 Å². The summed E-state index contributed by atoms with van der Waals surface area (Å²) >= 11 is 12.1. The summed E-state index contributed by atoms with van der Waals surface area (Å²) in [6, 6.07) is 5.77. The molecule has 29 heavy (non-hydrogen) atoms. The van der Waals surface area contributed by atoms with Gasteiger partial charge in [0.2, 0.25) is 0 Å². The number of unbranched alkanes of at least 4 members (excludes halogenated alkanes) is 1. The van der Waals surface area contributed by atoms with E-state index in [-0.39, 0.29) is 24.0 Å². The highest BCUT2D eigenvalue weighted by atomic mass is 127. The van der Waals surface area contributed by atoms with Gasteiger partial charge in [0.1, 0.15) is 0 Å². The molecule has 0 radical (unpaired) electrons. The Hall–Kier alpha value is -0.280. The molecule has 1 N–H and O–H groups in total. The first-order chi connectivity index (χ1) is 13.5. The van der Waals surface area contributed by atoms with Gasteiger partial charge >= 0.3 is 0 Å². The number of likely N-dealkylation sites (N-methyl/N-ethyl adjacent to an activating group) is 1. The van der Waals surface area contributed by atoms with E-state index < -0.39 is 0 Å². The third-order valence-corrected chi connectivity index (χ3v) is 5.90. The Morgan fingerprint density at radius 2 is 1.76 bits per heavy atom. The summed E-state index contributed by atoms with van der Waals surface area (Å²) in [6.45, 7) is 14.0. The fourth-order valence-electron chi connectivity index (χ4n) is 3.42. The molecule has 0 aliphatic carbocycles. The van der Waals surface area contributed by atoms with Crippen LogP contribution < -0.4 is 5.32 Å². The van der Waals surface area contributed by atoms with Crippen LogP contribution in [-0.4, -0.2) is 80.1 Å². The van der Waals surface area contributed by atoms with Crippen molar-refractivity contribution in [2.75, 3.05) is 59.4 Å². The second-order valence-corrected chi connectivity index (χ2v) is 8.14. The smallest absolute Gasteiger partial charge is 0.193 e. The number of nitrogens with one attached hydrogen (secondary N) is 1. The van der Waals surface area contributed by atoms with Gasteiger partial charge in [0.15, 0.2) is 5.96 Å². The molecule has 1 aromatic carbocycles. The van der Waals surface area contributed by atoms with Gasteiger partial charge in [0.05, 0.1) is 10.0 Å². The first-order valence-electron chi connectivity index (χ1n) is 10.4. The third kappa shape index (κ3) is 9.59. The van der Waals surface area contributed by atoms with Crippen molar-refractivity contribution >= 4 is 53.1 Å². The van der Waals surface area contributed by atoms with Crippen LogP contribution in [0, 0.1) is 0 Å². The lowest BCUT2D eigenvalue weighted by Crippen LogP contribution is -2.46. The molecule has 0 spiro atoms. The summed E-state index contributed by atoms with van der Waals surface area (Å²) in [4.78, 5) is 12.0. The van der Waals surface area contributed by atoms with E-state index >= 15 is 0 Å². The van der Waals surface area contributed by atoms with Crippen LogP contribution in [0.2, 0.25) is 10.0 Å². The average molecular weight is 556 g/mol. The normalized spacial score (nSPS) is 15.8. The van der Waals surface area contributed by atoms with E-state index in [0.717, 1.165) is 37.6 Å². The van der Waals surface area contributed by atoms with Crippen LogP contribution >= 0.6 is 47.2 Å². The zero-order valence-electron chi connectivity index (χ0n) is 18.0. The molecular formula is C21H36Cl2IN5. The second kappa shape index (κ2) is 14.7. The topological polar surface area (TPSA) is 34.1 Å². The quantitative estimate of drug-likeness (QED) is 0.212. The Kier molecular flexibility index (Phi) is 13.5. The molecule has 0 saturated carbocycles. The minimum atomic E-state index is 0. The number of nitrogens with zero attached hydrogens (tertiary/aromatic N) is 4. The van der Waals surface area contributed by atoms with E-state index in [9.17, 15) is 0 Å². The minimum Gasteiger partial charge on any atom is -0.357 e. The number of piperazine rings is 1. The Labute approximate surface area is 203 Å². The van der Waals surface area contributed by atoms with Crippen molar-refractivity contribution in [3.8, 4) is 0 Å². The third-order valence-electron chi connectivity index (χ3n) is 5.16. The minimum absolute atomic E-state index is 0. The van der Waals surface area contributed by atoms with Crippen molar-refractivity contribution in [1.29, 1.82) is 0 Å². The Balaban J connectivity index is 0.00000420. The number of hydrogen-bond donors (Lipinski definition) is 1. The molecule has 2 rings (SSSR count). The highest BCUT2D eigenvalue weighted by Crippen LogP contribution is 2.23. The molecule has 0 bridgehead atoms. The highest BCUT2D eigenvalue weighted by molar-refractivity contribution is 14.0. The van der Waals surface area contributed by atoms with E-state index in [1.54, 1.807) is 0 Å². The second-order valence-electron chi connectivity index (χ2n) is 7.32. The van der Waals surface area contributed by atoms with Crippen LogP contribution in [-0.2, 0) is 6.54 Å². The number of aliphatic imine (C=N–C) groups is 1. The van der Waals surface area contributed by atoms with Gasteiger partial charge in [0, 0.05) is 52.9 Å². The van der Waals surface area contributed by atoms with Gasteiger partial charge in [-0.1, -0.05) is 36.2 Å². The molecule has 8 heteroatoms. The average Bonchev–Trinajstić information content (AvgIpc) is 2.70. The zero-order valence-corrected chi connectivity index (χ0v) is 21.8. The van der Waals surface area contributed by atoms with Gasteiger partial charge in [-0.05, 0) is 50.6 Å². The summed E-state index contributed by atoms with van der Waals surface area (Å²) in [6.07, 6.45) is 2.31. The van der Waals surface area contributed by atoms with Crippen molar-refractivity contribution in [2.24, 2.45) is 4.99 Å². The Bertz CT molecular complexity index is 621. The number of halogens is 3. The molecule has 0 aromatic heterocycles. The van der Waals surface area contributed by atoms with Gasteiger partial charge in [-0.25, -0.2) is 0 Å². The van der Waals surface area contributed by atoms with Crippen LogP contribution in [0.25, 0.3) is 0 Å². The number of hydrogen-bond acceptors (Lipinski definition) is 3. The summed E-state index contributed by atoms with van der Waals surface area (Å²) in [5.41, 5.74) is 1.12. The number of guanidine groups is 1. The van der Waals surface area contributed by atoms with Gasteiger partial charge in [-0.3, -0.25) is 4.99 Å². The Morgan fingerprint density at radius 3 is 2.38 bits per heavy atom. The van der Waals surface area contributed by atoms with Crippen LogP contribution in [0.4, 0.5) is 0 Å². The SMILES string of the molecule is CCNC(=NCCCCN1CCN(CC)CC1)N(C)Cc1ccc(Cl)c(Cl)c1.I. The van der Waals surface area contributed by atoms with Gasteiger partial charge in [0.25, 0.3) is 0 Å².